The lowest BCUT2D eigenvalue weighted by atomic mass is 9.99. The monoisotopic (exact) mass is 370 g/mol. The molecule has 1 aliphatic rings. The highest BCUT2D eigenvalue weighted by Crippen LogP contribution is 2.23. The summed E-state index contributed by atoms with van der Waals surface area (Å²) in [7, 11) is 0. The van der Waals surface area contributed by atoms with E-state index >= 15 is 0 Å². The summed E-state index contributed by atoms with van der Waals surface area (Å²) in [6, 6.07) is 12.5. The molecule has 1 saturated heterocycles. The normalized spacial score (nSPS) is 17.2. The first kappa shape index (κ1) is 17.6. The molecule has 1 N–H and O–H groups in total. The van der Waals surface area contributed by atoms with Gasteiger partial charge in [0.05, 0.1) is 12.2 Å². The number of piperidine rings is 1. The molecule has 4 rings (SSSR count). The van der Waals surface area contributed by atoms with E-state index in [4.69, 9.17) is 0 Å². The minimum atomic E-state index is -0.557. The van der Waals surface area contributed by atoms with Gasteiger partial charge in [-0.3, -0.25) is 0 Å². The Bertz CT molecular complexity index is 991. The van der Waals surface area contributed by atoms with E-state index in [0.29, 0.717) is 11.5 Å². The van der Waals surface area contributed by atoms with Crippen LogP contribution < -0.4 is 11.0 Å². The molecule has 1 aromatic heterocycles. The number of halogens is 2. The molecule has 1 atom stereocenters. The van der Waals surface area contributed by atoms with Crippen LogP contribution in [0.15, 0.2) is 53.3 Å². The molecule has 2 aromatic carbocycles. The maximum Gasteiger partial charge on any atom is 0.350 e. The third-order valence-electron chi connectivity index (χ3n) is 4.87. The third-order valence-corrected chi connectivity index (χ3v) is 4.87. The van der Waals surface area contributed by atoms with E-state index in [2.05, 4.69) is 10.4 Å². The summed E-state index contributed by atoms with van der Waals surface area (Å²) in [6.45, 7) is 1.56. The van der Waals surface area contributed by atoms with Crippen molar-refractivity contribution in [3.63, 3.8) is 0 Å². The Balaban J connectivity index is 1.80. The topological polar surface area (TPSA) is 51.9 Å². The van der Waals surface area contributed by atoms with E-state index < -0.39 is 11.6 Å². The number of para-hydroxylation sites is 1. The average Bonchev–Trinajstić information content (AvgIpc) is 3.02. The Kier molecular flexibility index (Phi) is 4.85. The molecule has 2 heterocycles. The molecule has 7 heteroatoms. The number of hydrogen-bond donors (Lipinski definition) is 1. The Labute approximate surface area is 155 Å². The van der Waals surface area contributed by atoms with Crippen molar-refractivity contribution >= 4 is 0 Å². The number of nitrogens with one attached hydrogen (secondary N) is 1. The lowest BCUT2D eigenvalue weighted by molar-refractivity contribution is 0.439. The van der Waals surface area contributed by atoms with Gasteiger partial charge in [0.2, 0.25) is 0 Å². The van der Waals surface area contributed by atoms with Gasteiger partial charge in [0.25, 0.3) is 0 Å². The van der Waals surface area contributed by atoms with Crippen LogP contribution in [0.5, 0.6) is 0 Å². The molecule has 5 nitrogen and oxygen atoms in total. The van der Waals surface area contributed by atoms with Crippen LogP contribution in [0.1, 0.15) is 30.1 Å². The summed E-state index contributed by atoms with van der Waals surface area (Å²) in [5.41, 5.74) is 0.461. The quantitative estimate of drug-likeness (QED) is 0.768. The van der Waals surface area contributed by atoms with Gasteiger partial charge in [-0.2, -0.15) is 5.10 Å². The maximum atomic E-state index is 14.0. The van der Waals surface area contributed by atoms with Gasteiger partial charge in [-0.25, -0.2) is 22.8 Å². The smallest absolute Gasteiger partial charge is 0.316 e. The van der Waals surface area contributed by atoms with Crippen molar-refractivity contribution in [2.45, 2.75) is 25.3 Å². The van der Waals surface area contributed by atoms with Crippen LogP contribution in [0.3, 0.4) is 0 Å². The first-order valence-electron chi connectivity index (χ1n) is 9.03. The van der Waals surface area contributed by atoms with E-state index in [1.165, 1.54) is 4.68 Å². The van der Waals surface area contributed by atoms with E-state index in [1.807, 2.05) is 30.3 Å². The Morgan fingerprint density at radius 3 is 2.70 bits per heavy atom. The summed E-state index contributed by atoms with van der Waals surface area (Å²) in [5.74, 6) is -0.363. The van der Waals surface area contributed by atoms with Crippen molar-refractivity contribution in [1.82, 2.24) is 19.7 Å². The predicted octanol–water partition coefficient (Wildman–Crippen LogP) is 2.83. The minimum absolute atomic E-state index is 0.0882. The lowest BCUT2D eigenvalue weighted by Crippen LogP contribution is -2.31. The molecule has 0 aliphatic carbocycles. The highest BCUT2D eigenvalue weighted by atomic mass is 19.1. The van der Waals surface area contributed by atoms with Crippen molar-refractivity contribution in [1.29, 1.82) is 0 Å². The van der Waals surface area contributed by atoms with E-state index in [1.54, 1.807) is 4.57 Å². The van der Waals surface area contributed by atoms with Gasteiger partial charge < -0.3 is 5.32 Å². The van der Waals surface area contributed by atoms with Crippen molar-refractivity contribution < 1.29 is 8.78 Å². The van der Waals surface area contributed by atoms with Gasteiger partial charge in [-0.05, 0) is 49.7 Å². The van der Waals surface area contributed by atoms with Crippen molar-refractivity contribution in [2.75, 3.05) is 13.1 Å². The maximum absolute atomic E-state index is 14.0. The zero-order chi connectivity index (χ0) is 18.8. The predicted molar refractivity (Wildman–Crippen MR) is 98.1 cm³/mol. The van der Waals surface area contributed by atoms with Crippen LogP contribution in [0, 0.1) is 11.6 Å². The fraction of sp³-hybridized carbons (Fsp3) is 0.300. The second kappa shape index (κ2) is 7.44. The van der Waals surface area contributed by atoms with Crippen molar-refractivity contribution in [3.05, 3.63) is 82.0 Å². The highest BCUT2D eigenvalue weighted by molar-refractivity contribution is 5.33. The summed E-state index contributed by atoms with van der Waals surface area (Å²) in [5, 5.41) is 7.85. The molecule has 0 radical (unpaired) electrons. The van der Waals surface area contributed by atoms with Gasteiger partial charge in [0.15, 0.2) is 0 Å². The number of aromatic nitrogens is 3. The molecule has 0 saturated carbocycles. The number of benzene rings is 2. The van der Waals surface area contributed by atoms with E-state index in [9.17, 15) is 13.6 Å². The van der Waals surface area contributed by atoms with Gasteiger partial charge in [-0.1, -0.05) is 18.2 Å². The number of rotatable bonds is 4. The highest BCUT2D eigenvalue weighted by Gasteiger charge is 2.25. The average molecular weight is 370 g/mol. The number of hydrogen-bond acceptors (Lipinski definition) is 3. The first-order valence-corrected chi connectivity index (χ1v) is 9.03. The molecule has 1 aliphatic heterocycles. The van der Waals surface area contributed by atoms with Gasteiger partial charge in [0, 0.05) is 18.0 Å². The van der Waals surface area contributed by atoms with Gasteiger partial charge in [-0.15, -0.1) is 0 Å². The number of nitrogens with zero attached hydrogens (tertiary/aromatic N) is 3. The summed E-state index contributed by atoms with van der Waals surface area (Å²) < 4.78 is 30.3. The minimum Gasteiger partial charge on any atom is -0.316 e. The fourth-order valence-electron chi connectivity index (χ4n) is 3.51. The van der Waals surface area contributed by atoms with E-state index in [-0.39, 0.29) is 23.7 Å². The largest absolute Gasteiger partial charge is 0.350 e. The zero-order valence-corrected chi connectivity index (χ0v) is 14.7. The van der Waals surface area contributed by atoms with Crippen LogP contribution in [0.25, 0.3) is 5.69 Å². The van der Waals surface area contributed by atoms with Crippen LogP contribution >= 0.6 is 0 Å². The van der Waals surface area contributed by atoms with Crippen LogP contribution in [-0.2, 0) is 6.54 Å². The first-order chi connectivity index (χ1) is 13.1. The Morgan fingerprint density at radius 1 is 1.15 bits per heavy atom. The standard InChI is InChI=1S/C20H20F2N4O/c21-16-8-9-18(22)15(11-16)13-25-20(27)26(17-6-2-1-3-7-17)19(24-25)14-5-4-10-23-12-14/h1-3,6-9,11,14,23H,4-5,10,12-13H2/t14-/m1/s1. The second-order valence-electron chi connectivity index (χ2n) is 6.75. The fourth-order valence-corrected chi connectivity index (χ4v) is 3.51. The molecular weight excluding hydrogens is 350 g/mol. The second-order valence-corrected chi connectivity index (χ2v) is 6.75. The molecule has 0 unspecified atom stereocenters. The molecule has 3 aromatic rings. The molecule has 0 amide bonds. The summed E-state index contributed by atoms with van der Waals surface area (Å²) >= 11 is 0. The van der Waals surface area contributed by atoms with Gasteiger partial charge >= 0.3 is 5.69 Å². The Hall–Kier alpha value is -2.80. The molecule has 140 valence electrons. The van der Waals surface area contributed by atoms with Crippen LogP contribution in [0.4, 0.5) is 8.78 Å². The zero-order valence-electron chi connectivity index (χ0n) is 14.7. The van der Waals surface area contributed by atoms with Crippen molar-refractivity contribution in [3.8, 4) is 5.69 Å². The SMILES string of the molecule is O=c1n(Cc2cc(F)ccc2F)nc([C@@H]2CCCNC2)n1-c1ccccc1. The third kappa shape index (κ3) is 3.55. The summed E-state index contributed by atoms with van der Waals surface area (Å²) in [4.78, 5) is 13.1. The molecule has 0 spiro atoms. The molecule has 1 fully saturated rings. The van der Waals surface area contributed by atoms with Crippen LogP contribution in [-0.4, -0.2) is 27.4 Å². The summed E-state index contributed by atoms with van der Waals surface area (Å²) in [6.07, 6.45) is 1.92. The molecule has 0 bridgehead atoms. The molecule has 27 heavy (non-hydrogen) atoms. The van der Waals surface area contributed by atoms with Crippen molar-refractivity contribution in [2.24, 2.45) is 0 Å². The lowest BCUT2D eigenvalue weighted by Gasteiger charge is -2.22. The van der Waals surface area contributed by atoms with E-state index in [0.717, 1.165) is 44.1 Å². The Morgan fingerprint density at radius 2 is 1.96 bits per heavy atom. The van der Waals surface area contributed by atoms with Gasteiger partial charge in [0.1, 0.15) is 17.5 Å². The molecular formula is C20H20F2N4O. The van der Waals surface area contributed by atoms with Crippen LogP contribution in [0.2, 0.25) is 0 Å².